The summed E-state index contributed by atoms with van der Waals surface area (Å²) < 4.78 is 6.18. The topological polar surface area (TPSA) is 49.9 Å². The average molecular weight is 461 g/mol. The second-order valence-electron chi connectivity index (χ2n) is 6.89. The van der Waals surface area contributed by atoms with Crippen LogP contribution >= 0.6 is 27.7 Å². The number of methoxy groups -OCH3 is 1. The lowest BCUT2D eigenvalue weighted by Gasteiger charge is -2.27. The Morgan fingerprint density at radius 3 is 2.71 bits per heavy atom. The van der Waals surface area contributed by atoms with Gasteiger partial charge in [0.05, 0.1) is 17.5 Å². The highest BCUT2D eigenvalue weighted by Crippen LogP contribution is 2.41. The first-order valence-electron chi connectivity index (χ1n) is 9.19. The van der Waals surface area contributed by atoms with Gasteiger partial charge in [0, 0.05) is 31.0 Å². The molecule has 5 nitrogen and oxygen atoms in total. The third kappa shape index (κ3) is 3.65. The maximum atomic E-state index is 13.3. The Morgan fingerprint density at radius 1 is 1.21 bits per heavy atom. The van der Waals surface area contributed by atoms with Crippen LogP contribution in [0.1, 0.15) is 17.4 Å². The van der Waals surface area contributed by atoms with Gasteiger partial charge in [0.15, 0.2) is 0 Å². The molecular weight excluding hydrogens is 440 g/mol. The van der Waals surface area contributed by atoms with E-state index in [1.807, 2.05) is 53.4 Å². The molecule has 2 aromatic carbocycles. The minimum atomic E-state index is -0.296. The molecule has 0 aromatic heterocycles. The highest BCUT2D eigenvalue weighted by molar-refractivity contribution is 9.10. The van der Waals surface area contributed by atoms with Gasteiger partial charge < -0.3 is 14.5 Å². The summed E-state index contributed by atoms with van der Waals surface area (Å²) in [5.74, 6) is 1.44. The maximum Gasteiger partial charge on any atom is 0.229 e. The zero-order valence-electron chi connectivity index (χ0n) is 15.5. The van der Waals surface area contributed by atoms with E-state index in [1.165, 1.54) is 0 Å². The van der Waals surface area contributed by atoms with Crippen molar-refractivity contribution in [2.24, 2.45) is 5.92 Å². The number of benzene rings is 2. The minimum absolute atomic E-state index is 0.0140. The van der Waals surface area contributed by atoms with E-state index in [2.05, 4.69) is 15.9 Å². The van der Waals surface area contributed by atoms with Crippen molar-refractivity contribution in [2.75, 3.05) is 30.9 Å². The maximum absolute atomic E-state index is 13.3. The first-order valence-corrected chi connectivity index (χ1v) is 11.0. The zero-order chi connectivity index (χ0) is 19.7. The van der Waals surface area contributed by atoms with Crippen LogP contribution in [0, 0.1) is 5.92 Å². The number of hydrogen-bond donors (Lipinski definition) is 0. The molecule has 2 fully saturated rings. The number of para-hydroxylation sites is 1. The summed E-state index contributed by atoms with van der Waals surface area (Å²) in [6, 6.07) is 15.5. The van der Waals surface area contributed by atoms with Crippen LogP contribution in [0.25, 0.3) is 0 Å². The molecule has 0 saturated carbocycles. The predicted molar refractivity (Wildman–Crippen MR) is 115 cm³/mol. The smallest absolute Gasteiger partial charge is 0.229 e. The third-order valence-corrected chi connectivity index (χ3v) is 7.06. The monoisotopic (exact) mass is 460 g/mol. The zero-order valence-corrected chi connectivity index (χ0v) is 17.9. The van der Waals surface area contributed by atoms with E-state index in [1.54, 1.807) is 23.8 Å². The molecule has 0 spiro atoms. The second-order valence-corrected chi connectivity index (χ2v) is 8.93. The number of rotatable bonds is 4. The molecule has 0 radical (unpaired) electrons. The summed E-state index contributed by atoms with van der Waals surface area (Å²) in [4.78, 5) is 29.4. The molecule has 2 heterocycles. The molecule has 2 unspecified atom stereocenters. The van der Waals surface area contributed by atoms with Gasteiger partial charge in [-0.05, 0) is 45.8 Å². The van der Waals surface area contributed by atoms with E-state index < -0.39 is 0 Å². The van der Waals surface area contributed by atoms with Crippen molar-refractivity contribution in [2.45, 2.75) is 11.8 Å². The molecule has 146 valence electrons. The summed E-state index contributed by atoms with van der Waals surface area (Å²) >= 11 is 5.29. The molecule has 2 aliphatic heterocycles. The van der Waals surface area contributed by atoms with Crippen LogP contribution in [0.2, 0.25) is 0 Å². The molecule has 2 aromatic rings. The first-order chi connectivity index (χ1) is 13.6. The fourth-order valence-electron chi connectivity index (χ4n) is 3.77. The Labute approximate surface area is 177 Å². The Kier molecular flexibility index (Phi) is 5.64. The van der Waals surface area contributed by atoms with Crippen molar-refractivity contribution in [3.05, 3.63) is 58.6 Å². The summed E-state index contributed by atoms with van der Waals surface area (Å²) in [7, 11) is 1.63. The normalized spacial score (nSPS) is 22.0. The molecule has 0 aliphatic carbocycles. The highest BCUT2D eigenvalue weighted by Gasteiger charge is 2.41. The van der Waals surface area contributed by atoms with Crippen LogP contribution in [0.5, 0.6) is 5.75 Å². The number of amides is 2. The molecule has 2 atom stereocenters. The molecule has 4 rings (SSSR count). The molecular formula is C21H21BrN2O3S. The number of anilines is 1. The Hall–Kier alpha value is -1.99. The van der Waals surface area contributed by atoms with Gasteiger partial charge in [0.1, 0.15) is 11.1 Å². The largest absolute Gasteiger partial charge is 0.496 e. The van der Waals surface area contributed by atoms with Crippen molar-refractivity contribution in [1.82, 2.24) is 4.90 Å². The van der Waals surface area contributed by atoms with Crippen molar-refractivity contribution < 1.29 is 14.3 Å². The second kappa shape index (κ2) is 8.17. The van der Waals surface area contributed by atoms with Gasteiger partial charge in [-0.2, -0.15) is 0 Å². The average Bonchev–Trinajstić information content (AvgIpc) is 3.35. The molecule has 7 heteroatoms. The van der Waals surface area contributed by atoms with Crippen LogP contribution in [0.4, 0.5) is 5.69 Å². The molecule has 2 saturated heterocycles. The quantitative estimate of drug-likeness (QED) is 0.689. The summed E-state index contributed by atoms with van der Waals surface area (Å²) in [5.41, 5.74) is 1.92. The van der Waals surface area contributed by atoms with Crippen LogP contribution in [0.3, 0.4) is 0 Å². The van der Waals surface area contributed by atoms with Crippen LogP contribution in [0.15, 0.2) is 53.0 Å². The van der Waals surface area contributed by atoms with Crippen LogP contribution in [-0.2, 0) is 9.59 Å². The highest BCUT2D eigenvalue weighted by atomic mass is 79.9. The Morgan fingerprint density at radius 2 is 2.00 bits per heavy atom. The van der Waals surface area contributed by atoms with E-state index in [0.29, 0.717) is 13.1 Å². The van der Waals surface area contributed by atoms with Gasteiger partial charge in [-0.25, -0.2) is 0 Å². The van der Waals surface area contributed by atoms with Gasteiger partial charge in [-0.15, -0.1) is 11.8 Å². The fourth-order valence-corrected chi connectivity index (χ4v) is 5.59. The van der Waals surface area contributed by atoms with Crippen molar-refractivity contribution >= 4 is 45.2 Å². The number of nitrogens with zero attached hydrogens (tertiary/aromatic N) is 2. The number of thioether (sulfide) groups is 1. The van der Waals surface area contributed by atoms with Crippen LogP contribution < -0.4 is 9.64 Å². The lowest BCUT2D eigenvalue weighted by Crippen LogP contribution is -2.37. The number of hydrogen-bond acceptors (Lipinski definition) is 4. The fraction of sp³-hybridized carbons (Fsp3) is 0.333. The molecule has 28 heavy (non-hydrogen) atoms. The number of halogens is 1. The molecule has 0 bridgehead atoms. The lowest BCUT2D eigenvalue weighted by molar-refractivity contribution is -0.136. The third-order valence-electron chi connectivity index (χ3n) is 5.18. The summed E-state index contributed by atoms with van der Waals surface area (Å²) in [5, 5.41) is -0.0319. The van der Waals surface area contributed by atoms with Gasteiger partial charge in [0.2, 0.25) is 11.8 Å². The summed E-state index contributed by atoms with van der Waals surface area (Å²) in [6.45, 7) is 1.15. The first kappa shape index (κ1) is 19.3. The molecule has 2 aliphatic rings. The standard InChI is InChI=1S/C21H21BrN2O3S/c1-27-18-8-7-14(11-17(18)22)21-23(9-10-28-21)20(26)15-12-19(25)24(13-15)16-5-3-2-4-6-16/h2-8,11,15,21H,9-10,12-13H2,1H3. The van der Waals surface area contributed by atoms with E-state index in [4.69, 9.17) is 4.74 Å². The summed E-state index contributed by atoms with van der Waals surface area (Å²) in [6.07, 6.45) is 0.272. The van der Waals surface area contributed by atoms with E-state index in [0.717, 1.165) is 27.2 Å². The van der Waals surface area contributed by atoms with Crippen molar-refractivity contribution in [3.63, 3.8) is 0 Å². The van der Waals surface area contributed by atoms with Gasteiger partial charge in [-0.1, -0.05) is 24.3 Å². The van der Waals surface area contributed by atoms with Gasteiger partial charge in [-0.3, -0.25) is 9.59 Å². The van der Waals surface area contributed by atoms with E-state index in [-0.39, 0.29) is 29.5 Å². The number of carbonyl (C=O) groups is 2. The molecule has 0 N–H and O–H groups in total. The number of carbonyl (C=O) groups excluding carboxylic acids is 2. The van der Waals surface area contributed by atoms with E-state index >= 15 is 0 Å². The Bertz CT molecular complexity index is 892. The van der Waals surface area contributed by atoms with Crippen molar-refractivity contribution in [3.8, 4) is 5.75 Å². The minimum Gasteiger partial charge on any atom is -0.496 e. The Balaban J connectivity index is 1.51. The lowest BCUT2D eigenvalue weighted by atomic mass is 10.1. The van der Waals surface area contributed by atoms with Crippen LogP contribution in [-0.4, -0.2) is 42.7 Å². The van der Waals surface area contributed by atoms with Gasteiger partial charge in [0.25, 0.3) is 0 Å². The molecule has 2 amide bonds. The SMILES string of the molecule is COc1ccc(C2SCCN2C(=O)C2CC(=O)N(c3ccccc3)C2)cc1Br. The van der Waals surface area contributed by atoms with Gasteiger partial charge >= 0.3 is 0 Å². The van der Waals surface area contributed by atoms with E-state index in [9.17, 15) is 9.59 Å². The number of ether oxygens (including phenoxy) is 1. The van der Waals surface area contributed by atoms with Crippen molar-refractivity contribution in [1.29, 1.82) is 0 Å². The predicted octanol–water partition coefficient (Wildman–Crippen LogP) is 4.08.